The van der Waals surface area contributed by atoms with Crippen LogP contribution < -0.4 is 11.1 Å². The molecule has 0 saturated carbocycles. The van der Waals surface area contributed by atoms with Crippen LogP contribution in [0.5, 0.6) is 0 Å². The van der Waals surface area contributed by atoms with E-state index >= 15 is 0 Å². The van der Waals surface area contributed by atoms with E-state index in [1.165, 1.54) is 11.8 Å². The first-order valence-corrected chi connectivity index (χ1v) is 7.55. The fourth-order valence-corrected chi connectivity index (χ4v) is 4.22. The lowest BCUT2D eigenvalue weighted by molar-refractivity contribution is 0.587. The van der Waals surface area contributed by atoms with Crippen molar-refractivity contribution in [2.24, 2.45) is 0 Å². The highest BCUT2D eigenvalue weighted by Crippen LogP contribution is 2.27. The van der Waals surface area contributed by atoms with Crippen molar-refractivity contribution >= 4 is 34.9 Å². The van der Waals surface area contributed by atoms with Gasteiger partial charge in [0, 0.05) is 35.1 Å². The van der Waals surface area contributed by atoms with E-state index in [0.717, 1.165) is 17.6 Å². The number of benzene rings is 1. The molecule has 1 heterocycles. The van der Waals surface area contributed by atoms with Crippen LogP contribution in [-0.2, 0) is 0 Å². The Hall–Kier alpha value is -0.620. The second-order valence-electron chi connectivity index (χ2n) is 3.80. The molecule has 0 aliphatic carbocycles. The molecule has 17 heavy (non-hydrogen) atoms. The Morgan fingerprint density at radius 1 is 1.35 bits per heavy atom. The molecule has 0 radical (unpaired) electrons. The van der Waals surface area contributed by atoms with Gasteiger partial charge < -0.3 is 11.1 Å². The van der Waals surface area contributed by atoms with E-state index in [1.807, 2.05) is 23.5 Å². The smallest absolute Gasteiger partial charge is 0.151 e. The second-order valence-corrected chi connectivity index (χ2v) is 6.36. The minimum atomic E-state index is -0.710. The molecule has 1 fully saturated rings. The molecule has 1 atom stereocenters. The predicted octanol–water partition coefficient (Wildman–Crippen LogP) is 2.81. The van der Waals surface area contributed by atoms with Gasteiger partial charge in [-0.3, -0.25) is 0 Å². The maximum atomic E-state index is 13.2. The number of nitrogens with one attached hydrogen (secondary N) is 1. The highest BCUT2D eigenvalue weighted by Gasteiger charge is 2.15. The lowest BCUT2D eigenvalue weighted by Gasteiger charge is -2.22. The third-order valence-corrected chi connectivity index (χ3v) is 5.34. The minimum absolute atomic E-state index is 0.0140. The van der Waals surface area contributed by atoms with Gasteiger partial charge in [0.15, 0.2) is 5.82 Å². The van der Waals surface area contributed by atoms with Gasteiger partial charge >= 0.3 is 0 Å². The number of anilines is 2. The maximum absolute atomic E-state index is 13.2. The first-order chi connectivity index (χ1) is 8.16. The summed E-state index contributed by atoms with van der Waals surface area (Å²) in [7, 11) is 0. The molecule has 0 aromatic heterocycles. The molecule has 3 N–H and O–H groups in total. The molecule has 0 amide bonds. The zero-order valence-electron chi connectivity index (χ0n) is 9.21. The summed E-state index contributed by atoms with van der Waals surface area (Å²) in [6.07, 6.45) is 0. The van der Waals surface area contributed by atoms with Crippen LogP contribution in [0.3, 0.4) is 0 Å². The Labute approximate surface area is 108 Å². The molecule has 1 aliphatic heterocycles. The standard InChI is InChI=1S/C11H14F2N2S2/c12-7-3-9(13)11(14)10(4-7)15-5-8-6-16-1-2-17-8/h3-4,8,15H,1-2,5-6,14H2. The number of nitrogen functional groups attached to an aromatic ring is 1. The number of thioether (sulfide) groups is 2. The average Bonchev–Trinajstić information content (AvgIpc) is 2.33. The van der Waals surface area contributed by atoms with E-state index in [0.29, 0.717) is 17.5 Å². The molecular formula is C11H14F2N2S2. The molecule has 1 aromatic rings. The topological polar surface area (TPSA) is 38.0 Å². The van der Waals surface area contributed by atoms with Gasteiger partial charge in [-0.1, -0.05) is 0 Å². The first kappa shape index (κ1) is 12.8. The second kappa shape index (κ2) is 5.82. The van der Waals surface area contributed by atoms with Crippen molar-refractivity contribution in [3.8, 4) is 0 Å². The maximum Gasteiger partial charge on any atom is 0.151 e. The van der Waals surface area contributed by atoms with E-state index in [1.54, 1.807) is 0 Å². The van der Waals surface area contributed by atoms with E-state index in [4.69, 9.17) is 5.73 Å². The van der Waals surface area contributed by atoms with Crippen molar-refractivity contribution in [3.63, 3.8) is 0 Å². The molecule has 0 spiro atoms. The Morgan fingerprint density at radius 2 is 2.18 bits per heavy atom. The quantitative estimate of drug-likeness (QED) is 0.833. The van der Waals surface area contributed by atoms with Crippen LogP contribution in [0.15, 0.2) is 12.1 Å². The summed E-state index contributed by atoms with van der Waals surface area (Å²) in [6.45, 7) is 0.685. The van der Waals surface area contributed by atoms with Crippen LogP contribution in [0.25, 0.3) is 0 Å². The van der Waals surface area contributed by atoms with Crippen molar-refractivity contribution in [3.05, 3.63) is 23.8 Å². The molecular weight excluding hydrogens is 262 g/mol. The zero-order valence-corrected chi connectivity index (χ0v) is 10.8. The monoisotopic (exact) mass is 276 g/mol. The van der Waals surface area contributed by atoms with Gasteiger partial charge in [0.2, 0.25) is 0 Å². The SMILES string of the molecule is Nc1c(F)cc(F)cc1NCC1CSCCS1. The molecule has 2 nitrogen and oxygen atoms in total. The summed E-state index contributed by atoms with van der Waals surface area (Å²) >= 11 is 3.79. The Kier molecular flexibility index (Phi) is 4.39. The summed E-state index contributed by atoms with van der Waals surface area (Å²) in [4.78, 5) is 0. The summed E-state index contributed by atoms with van der Waals surface area (Å²) in [5, 5.41) is 3.50. The van der Waals surface area contributed by atoms with Crippen LogP contribution in [0.2, 0.25) is 0 Å². The number of hydrogen-bond acceptors (Lipinski definition) is 4. The third-order valence-electron chi connectivity index (χ3n) is 2.50. The Bertz CT molecular complexity index is 395. The number of rotatable bonds is 3. The van der Waals surface area contributed by atoms with Gasteiger partial charge in [-0.25, -0.2) is 8.78 Å². The molecule has 1 aliphatic rings. The normalized spacial score (nSPS) is 20.2. The highest BCUT2D eigenvalue weighted by atomic mass is 32.2. The highest BCUT2D eigenvalue weighted by molar-refractivity contribution is 8.06. The predicted molar refractivity (Wildman–Crippen MR) is 72.8 cm³/mol. The van der Waals surface area contributed by atoms with Crippen molar-refractivity contribution in [2.45, 2.75) is 5.25 Å². The number of halogens is 2. The van der Waals surface area contributed by atoms with Crippen LogP contribution in [0.1, 0.15) is 0 Å². The van der Waals surface area contributed by atoms with Gasteiger partial charge in [-0.15, -0.1) is 0 Å². The van der Waals surface area contributed by atoms with E-state index in [9.17, 15) is 8.78 Å². The molecule has 1 unspecified atom stereocenters. The lowest BCUT2D eigenvalue weighted by Crippen LogP contribution is -2.23. The van der Waals surface area contributed by atoms with E-state index < -0.39 is 11.6 Å². The van der Waals surface area contributed by atoms with Crippen molar-refractivity contribution < 1.29 is 8.78 Å². The van der Waals surface area contributed by atoms with Crippen LogP contribution in [-0.4, -0.2) is 29.1 Å². The Morgan fingerprint density at radius 3 is 2.88 bits per heavy atom. The third kappa shape index (κ3) is 3.42. The van der Waals surface area contributed by atoms with Crippen molar-refractivity contribution in [1.82, 2.24) is 0 Å². The number of nitrogens with two attached hydrogens (primary N) is 1. The minimum Gasteiger partial charge on any atom is -0.395 e. The van der Waals surface area contributed by atoms with Crippen LogP contribution in [0, 0.1) is 11.6 Å². The lowest BCUT2D eigenvalue weighted by atomic mass is 10.2. The van der Waals surface area contributed by atoms with Crippen LogP contribution in [0.4, 0.5) is 20.2 Å². The number of hydrogen-bond donors (Lipinski definition) is 2. The van der Waals surface area contributed by atoms with Crippen molar-refractivity contribution in [1.29, 1.82) is 0 Å². The largest absolute Gasteiger partial charge is 0.395 e. The molecule has 94 valence electrons. The van der Waals surface area contributed by atoms with Crippen molar-refractivity contribution in [2.75, 3.05) is 34.9 Å². The molecule has 1 saturated heterocycles. The molecule has 1 aromatic carbocycles. The van der Waals surface area contributed by atoms with Gasteiger partial charge in [-0.2, -0.15) is 23.5 Å². The molecule has 2 rings (SSSR count). The fourth-order valence-electron chi connectivity index (χ4n) is 1.61. The summed E-state index contributed by atoms with van der Waals surface area (Å²) in [6, 6.07) is 2.03. The van der Waals surface area contributed by atoms with E-state index in [2.05, 4.69) is 5.32 Å². The van der Waals surface area contributed by atoms with E-state index in [-0.39, 0.29) is 5.69 Å². The van der Waals surface area contributed by atoms with Crippen LogP contribution >= 0.6 is 23.5 Å². The Balaban J connectivity index is 1.98. The van der Waals surface area contributed by atoms with Gasteiger partial charge in [0.05, 0.1) is 11.4 Å². The van der Waals surface area contributed by atoms with Gasteiger partial charge in [0.1, 0.15) is 5.82 Å². The van der Waals surface area contributed by atoms with Gasteiger partial charge in [-0.05, 0) is 6.07 Å². The fraction of sp³-hybridized carbons (Fsp3) is 0.455. The average molecular weight is 276 g/mol. The first-order valence-electron chi connectivity index (χ1n) is 5.34. The summed E-state index contributed by atoms with van der Waals surface area (Å²) < 4.78 is 26.2. The molecule has 0 bridgehead atoms. The summed E-state index contributed by atoms with van der Waals surface area (Å²) in [5.74, 6) is 2.06. The summed E-state index contributed by atoms with van der Waals surface area (Å²) in [5.41, 5.74) is 5.88. The zero-order chi connectivity index (χ0) is 12.3. The molecule has 6 heteroatoms. The van der Waals surface area contributed by atoms with Gasteiger partial charge in [0.25, 0.3) is 0 Å².